The highest BCUT2D eigenvalue weighted by Gasteiger charge is 2.10. The molecule has 0 bridgehead atoms. The van der Waals surface area contributed by atoms with Gasteiger partial charge in [-0.25, -0.2) is 0 Å². The van der Waals surface area contributed by atoms with Crippen LogP contribution in [0, 0.1) is 0 Å². The van der Waals surface area contributed by atoms with Crippen LogP contribution in [-0.2, 0) is 0 Å². The summed E-state index contributed by atoms with van der Waals surface area (Å²) in [4.78, 5) is 24.9. The van der Waals surface area contributed by atoms with Crippen LogP contribution in [0.5, 0.6) is 0 Å². The van der Waals surface area contributed by atoms with E-state index in [0.29, 0.717) is 11.3 Å². The summed E-state index contributed by atoms with van der Waals surface area (Å²) in [6, 6.07) is 6.63. The molecular weight excluding hydrogens is 246 g/mol. The van der Waals surface area contributed by atoms with Crippen molar-refractivity contribution in [2.75, 3.05) is 19.4 Å². The van der Waals surface area contributed by atoms with Crippen molar-refractivity contribution < 1.29 is 9.59 Å². The quantitative estimate of drug-likeness (QED) is 0.851. The van der Waals surface area contributed by atoms with Crippen molar-refractivity contribution in [1.82, 2.24) is 20.3 Å². The van der Waals surface area contributed by atoms with Crippen molar-refractivity contribution in [1.29, 1.82) is 0 Å². The van der Waals surface area contributed by atoms with Crippen LogP contribution >= 0.6 is 0 Å². The van der Waals surface area contributed by atoms with Crippen LogP contribution in [0.2, 0.25) is 0 Å². The van der Waals surface area contributed by atoms with Gasteiger partial charge >= 0.3 is 0 Å². The monoisotopic (exact) mass is 259 g/mol. The van der Waals surface area contributed by atoms with Crippen LogP contribution in [0.4, 0.5) is 5.69 Å². The van der Waals surface area contributed by atoms with Crippen molar-refractivity contribution in [2.45, 2.75) is 0 Å². The minimum absolute atomic E-state index is 0.0885. The number of aromatic amines is 1. The van der Waals surface area contributed by atoms with Crippen molar-refractivity contribution in [3.8, 4) is 0 Å². The molecule has 7 nitrogen and oxygen atoms in total. The van der Waals surface area contributed by atoms with Crippen LogP contribution in [0.1, 0.15) is 20.8 Å². The first-order valence-corrected chi connectivity index (χ1v) is 5.57. The van der Waals surface area contributed by atoms with E-state index in [1.807, 2.05) is 0 Å². The average molecular weight is 259 g/mol. The molecule has 0 aliphatic carbocycles. The Morgan fingerprint density at radius 3 is 2.42 bits per heavy atom. The molecule has 2 amide bonds. The van der Waals surface area contributed by atoms with Crippen LogP contribution in [-0.4, -0.2) is 46.2 Å². The molecule has 2 N–H and O–H groups in total. The summed E-state index contributed by atoms with van der Waals surface area (Å²) in [7, 11) is 3.37. The number of nitrogens with zero attached hydrogens (tertiary/aromatic N) is 3. The maximum Gasteiger partial charge on any atom is 0.277 e. The van der Waals surface area contributed by atoms with Gasteiger partial charge in [-0.3, -0.25) is 9.59 Å². The lowest BCUT2D eigenvalue weighted by Crippen LogP contribution is -2.21. The molecule has 0 atom stereocenters. The fourth-order valence-corrected chi connectivity index (χ4v) is 1.46. The summed E-state index contributed by atoms with van der Waals surface area (Å²) in [5.41, 5.74) is 1.35. The first kappa shape index (κ1) is 12.7. The lowest BCUT2D eigenvalue weighted by atomic mass is 10.2. The molecule has 0 aliphatic rings. The van der Waals surface area contributed by atoms with E-state index in [-0.39, 0.29) is 17.5 Å². The Balaban J connectivity index is 2.07. The van der Waals surface area contributed by atoms with Crippen LogP contribution < -0.4 is 5.32 Å². The molecule has 0 spiro atoms. The van der Waals surface area contributed by atoms with Gasteiger partial charge in [-0.2, -0.15) is 15.4 Å². The third-order valence-corrected chi connectivity index (χ3v) is 2.44. The van der Waals surface area contributed by atoms with E-state index in [0.717, 1.165) is 0 Å². The van der Waals surface area contributed by atoms with E-state index in [2.05, 4.69) is 20.7 Å². The summed E-state index contributed by atoms with van der Waals surface area (Å²) >= 11 is 0. The van der Waals surface area contributed by atoms with Gasteiger partial charge in [0.1, 0.15) is 0 Å². The van der Waals surface area contributed by atoms with E-state index < -0.39 is 0 Å². The first-order chi connectivity index (χ1) is 9.08. The molecular formula is C12H13N5O2. The Bertz CT molecular complexity index is 575. The second kappa shape index (κ2) is 5.30. The minimum atomic E-state index is -0.361. The number of H-pyrrole nitrogens is 1. The number of rotatable bonds is 3. The molecule has 2 aromatic rings. The number of hydrogen-bond donors (Lipinski definition) is 2. The number of benzene rings is 1. The van der Waals surface area contributed by atoms with Crippen LogP contribution in [0.25, 0.3) is 0 Å². The predicted molar refractivity (Wildman–Crippen MR) is 68.8 cm³/mol. The SMILES string of the molecule is CN(C)C(=O)c1ccc(NC(=O)c2cn[nH]n2)cc1. The molecule has 0 unspecified atom stereocenters. The van der Waals surface area contributed by atoms with Crippen LogP contribution in [0.15, 0.2) is 30.5 Å². The summed E-state index contributed by atoms with van der Waals surface area (Å²) < 4.78 is 0. The zero-order chi connectivity index (χ0) is 13.8. The summed E-state index contributed by atoms with van der Waals surface area (Å²) in [6.45, 7) is 0. The molecule has 98 valence electrons. The number of carbonyl (C=O) groups excluding carboxylic acids is 2. The van der Waals surface area contributed by atoms with Crippen molar-refractivity contribution >= 4 is 17.5 Å². The molecule has 1 aromatic heterocycles. The summed E-state index contributed by atoms with van der Waals surface area (Å²) in [5.74, 6) is -0.449. The highest BCUT2D eigenvalue weighted by molar-refractivity contribution is 6.03. The molecule has 1 aromatic carbocycles. The smallest absolute Gasteiger partial charge is 0.277 e. The fraction of sp³-hybridized carbons (Fsp3) is 0.167. The Morgan fingerprint density at radius 1 is 1.21 bits per heavy atom. The van der Waals surface area contributed by atoms with Crippen molar-refractivity contribution in [2.24, 2.45) is 0 Å². The number of carbonyl (C=O) groups is 2. The van der Waals surface area contributed by atoms with E-state index in [4.69, 9.17) is 0 Å². The highest BCUT2D eigenvalue weighted by atomic mass is 16.2. The molecule has 1 heterocycles. The molecule has 0 fully saturated rings. The van der Waals surface area contributed by atoms with Gasteiger partial charge in [0.2, 0.25) is 0 Å². The molecule has 0 radical (unpaired) electrons. The standard InChI is InChI=1S/C12H13N5O2/c1-17(2)12(19)8-3-5-9(6-4-8)14-11(18)10-7-13-16-15-10/h3-7H,1-2H3,(H,14,18)(H,13,15,16). The van der Waals surface area contributed by atoms with Gasteiger partial charge in [-0.15, -0.1) is 0 Å². The first-order valence-electron chi connectivity index (χ1n) is 5.57. The number of anilines is 1. The minimum Gasteiger partial charge on any atom is -0.345 e. The Kier molecular flexibility index (Phi) is 3.56. The number of nitrogens with one attached hydrogen (secondary N) is 2. The summed E-state index contributed by atoms with van der Waals surface area (Å²) in [6.07, 6.45) is 1.33. The summed E-state index contributed by atoms with van der Waals surface area (Å²) in [5, 5.41) is 12.2. The molecule has 0 saturated carbocycles. The zero-order valence-corrected chi connectivity index (χ0v) is 10.5. The Hall–Kier alpha value is -2.70. The third kappa shape index (κ3) is 2.95. The second-order valence-corrected chi connectivity index (χ2v) is 4.09. The van der Waals surface area contributed by atoms with Gasteiger partial charge < -0.3 is 10.2 Å². The predicted octanol–water partition coefficient (Wildman–Crippen LogP) is 0.759. The average Bonchev–Trinajstić information content (AvgIpc) is 2.92. The second-order valence-electron chi connectivity index (χ2n) is 4.09. The number of amides is 2. The van der Waals surface area contributed by atoms with Gasteiger partial charge in [0.05, 0.1) is 6.20 Å². The highest BCUT2D eigenvalue weighted by Crippen LogP contribution is 2.11. The third-order valence-electron chi connectivity index (χ3n) is 2.44. The molecule has 2 rings (SSSR count). The van der Waals surface area contributed by atoms with Crippen molar-refractivity contribution in [3.05, 3.63) is 41.7 Å². The lowest BCUT2D eigenvalue weighted by Gasteiger charge is -2.10. The molecule has 19 heavy (non-hydrogen) atoms. The van der Waals surface area contributed by atoms with Gasteiger partial charge in [0.25, 0.3) is 11.8 Å². The maximum atomic E-state index is 11.7. The van der Waals surface area contributed by atoms with Crippen LogP contribution in [0.3, 0.4) is 0 Å². The topological polar surface area (TPSA) is 91.0 Å². The molecule has 0 saturated heterocycles. The van der Waals surface area contributed by atoms with Gasteiger partial charge in [-0.1, -0.05) is 0 Å². The molecule has 7 heteroatoms. The van der Waals surface area contributed by atoms with Gasteiger partial charge in [-0.05, 0) is 24.3 Å². The van der Waals surface area contributed by atoms with Gasteiger partial charge in [0.15, 0.2) is 5.69 Å². The van der Waals surface area contributed by atoms with Gasteiger partial charge in [0, 0.05) is 25.3 Å². The number of aromatic nitrogens is 3. The van der Waals surface area contributed by atoms with E-state index >= 15 is 0 Å². The maximum absolute atomic E-state index is 11.7. The Labute approximate surface area is 109 Å². The normalized spacial score (nSPS) is 10.0. The fourth-order valence-electron chi connectivity index (χ4n) is 1.46. The van der Waals surface area contributed by atoms with E-state index in [1.165, 1.54) is 11.1 Å². The van der Waals surface area contributed by atoms with E-state index in [9.17, 15) is 9.59 Å². The largest absolute Gasteiger partial charge is 0.345 e. The Morgan fingerprint density at radius 2 is 1.89 bits per heavy atom. The number of hydrogen-bond acceptors (Lipinski definition) is 4. The van der Waals surface area contributed by atoms with Crippen molar-refractivity contribution in [3.63, 3.8) is 0 Å². The zero-order valence-electron chi connectivity index (χ0n) is 10.5. The lowest BCUT2D eigenvalue weighted by molar-refractivity contribution is 0.0827. The molecule has 0 aliphatic heterocycles. The van der Waals surface area contributed by atoms with E-state index in [1.54, 1.807) is 38.4 Å².